The lowest BCUT2D eigenvalue weighted by molar-refractivity contribution is -0.138. The van der Waals surface area contributed by atoms with Crippen LogP contribution in [-0.2, 0) is 31.1 Å². The number of carbonyl (C=O) groups excluding carboxylic acids is 3. The summed E-state index contributed by atoms with van der Waals surface area (Å²) in [5.41, 5.74) is 1.55. The molecule has 0 saturated carbocycles. The lowest BCUT2D eigenvalue weighted by Crippen LogP contribution is -2.50. The van der Waals surface area contributed by atoms with Crippen LogP contribution in [0.25, 0.3) is 0 Å². The lowest BCUT2D eigenvalue weighted by Gasteiger charge is -2.41. The quantitative estimate of drug-likeness (QED) is 0.511. The summed E-state index contributed by atoms with van der Waals surface area (Å²) in [5, 5.41) is 0. The van der Waals surface area contributed by atoms with Crippen LogP contribution in [0.5, 0.6) is 0 Å². The highest BCUT2D eigenvalue weighted by molar-refractivity contribution is 6.04. The van der Waals surface area contributed by atoms with Gasteiger partial charge >= 0.3 is 5.97 Å². The highest BCUT2D eigenvalue weighted by Crippen LogP contribution is 2.47. The minimum Gasteiger partial charge on any atom is -0.450 e. The molecule has 7 heteroatoms. The number of amides is 1. The first-order valence-electron chi connectivity index (χ1n) is 11.0. The third kappa shape index (κ3) is 2.54. The monoisotopic (exact) mass is 430 g/mol. The fraction of sp³-hybridized carbons (Fsp3) is 0.360. The molecular weight excluding hydrogens is 408 g/mol. The molecule has 1 aliphatic carbocycles. The number of ether oxygens (including phenoxy) is 2. The predicted octanol–water partition coefficient (Wildman–Crippen LogP) is 2.73. The van der Waals surface area contributed by atoms with Gasteiger partial charge in [-0.05, 0) is 23.6 Å². The van der Waals surface area contributed by atoms with E-state index in [1.54, 1.807) is 6.07 Å². The molecule has 0 aromatic heterocycles. The number of nitrogens with zero attached hydrogens (tertiary/aromatic N) is 2. The van der Waals surface area contributed by atoms with Gasteiger partial charge in [0.15, 0.2) is 0 Å². The Labute approximate surface area is 185 Å². The van der Waals surface area contributed by atoms with E-state index in [2.05, 4.69) is 4.99 Å². The summed E-state index contributed by atoms with van der Waals surface area (Å²) in [5.74, 6) is -1.36. The van der Waals surface area contributed by atoms with Crippen molar-refractivity contribution < 1.29 is 23.9 Å². The molecule has 32 heavy (non-hydrogen) atoms. The summed E-state index contributed by atoms with van der Waals surface area (Å²) in [7, 11) is 0. The normalized spacial score (nSPS) is 27.6. The molecule has 0 N–H and O–H groups in total. The van der Waals surface area contributed by atoms with Gasteiger partial charge in [0.2, 0.25) is 5.60 Å². The number of carbonyl (C=O) groups is 3. The van der Waals surface area contributed by atoms with Crippen molar-refractivity contribution in [2.45, 2.75) is 42.8 Å². The minimum atomic E-state index is -1.27. The standard InChI is InChI=1S/C25H22N2O5/c28-15-20-17-6-2-1-5-16(17)9-10-25(20)22(30)26-23(32-25)27-13-11-24(12-14-27)19-8-4-3-7-18(19)21(29)31-24/h1-8,15,20H,9-14H2/t20?,25-/m1/s1. The molecule has 0 radical (unpaired) electrons. The fourth-order valence-corrected chi connectivity index (χ4v) is 5.65. The van der Waals surface area contributed by atoms with Crippen LogP contribution in [0.15, 0.2) is 53.5 Å². The molecular formula is C25H22N2O5. The van der Waals surface area contributed by atoms with E-state index in [-0.39, 0.29) is 12.0 Å². The number of aryl methyl sites for hydroxylation is 1. The Morgan fingerprint density at radius 2 is 1.72 bits per heavy atom. The second kappa shape index (κ2) is 6.76. The number of likely N-dealkylation sites (tertiary alicyclic amines) is 1. The van der Waals surface area contributed by atoms with Crippen molar-refractivity contribution in [1.82, 2.24) is 4.90 Å². The third-order valence-electron chi connectivity index (χ3n) is 7.39. The Bertz CT molecular complexity index is 1180. The van der Waals surface area contributed by atoms with Gasteiger partial charge in [0.25, 0.3) is 11.9 Å². The number of benzene rings is 2. The van der Waals surface area contributed by atoms with Crippen molar-refractivity contribution in [2.75, 3.05) is 13.1 Å². The number of aldehydes is 1. The number of fused-ring (bicyclic) bond motifs is 3. The number of piperidine rings is 1. The van der Waals surface area contributed by atoms with Crippen LogP contribution in [0.4, 0.5) is 0 Å². The van der Waals surface area contributed by atoms with E-state index in [9.17, 15) is 14.4 Å². The van der Waals surface area contributed by atoms with Crippen molar-refractivity contribution in [1.29, 1.82) is 0 Å². The van der Waals surface area contributed by atoms with Gasteiger partial charge in [-0.2, -0.15) is 4.99 Å². The number of esters is 1. The van der Waals surface area contributed by atoms with Crippen molar-refractivity contribution in [3.63, 3.8) is 0 Å². The highest BCUT2D eigenvalue weighted by atomic mass is 16.6. The maximum atomic E-state index is 13.1. The number of rotatable bonds is 1. The largest absolute Gasteiger partial charge is 0.450 e. The summed E-state index contributed by atoms with van der Waals surface area (Å²) in [6.45, 7) is 1.07. The molecule has 3 aliphatic heterocycles. The maximum Gasteiger partial charge on any atom is 0.339 e. The first-order chi connectivity index (χ1) is 15.6. The van der Waals surface area contributed by atoms with E-state index in [0.717, 1.165) is 23.0 Å². The smallest absolute Gasteiger partial charge is 0.339 e. The van der Waals surface area contributed by atoms with Crippen LogP contribution in [0.3, 0.4) is 0 Å². The molecule has 162 valence electrons. The number of hydrogen-bond acceptors (Lipinski definition) is 6. The Hall–Kier alpha value is -3.48. The number of hydrogen-bond donors (Lipinski definition) is 0. The summed E-state index contributed by atoms with van der Waals surface area (Å²) in [4.78, 5) is 43.7. The zero-order valence-corrected chi connectivity index (χ0v) is 17.5. The van der Waals surface area contributed by atoms with Gasteiger partial charge in [-0.1, -0.05) is 42.5 Å². The zero-order chi connectivity index (χ0) is 21.9. The topological polar surface area (TPSA) is 85.3 Å². The Morgan fingerprint density at radius 1 is 0.969 bits per heavy atom. The molecule has 7 nitrogen and oxygen atoms in total. The summed E-state index contributed by atoms with van der Waals surface area (Å²) >= 11 is 0. The minimum absolute atomic E-state index is 0.272. The molecule has 1 saturated heterocycles. The summed E-state index contributed by atoms with van der Waals surface area (Å²) in [6, 6.07) is 15.5. The van der Waals surface area contributed by atoms with Crippen molar-refractivity contribution in [3.05, 3.63) is 70.8 Å². The average Bonchev–Trinajstić information content (AvgIpc) is 3.29. The average molecular weight is 430 g/mol. The van der Waals surface area contributed by atoms with E-state index in [1.807, 2.05) is 47.4 Å². The van der Waals surface area contributed by atoms with Gasteiger partial charge in [0.1, 0.15) is 11.9 Å². The maximum absolute atomic E-state index is 13.1. The Morgan fingerprint density at radius 3 is 2.53 bits per heavy atom. The van der Waals surface area contributed by atoms with Crippen LogP contribution >= 0.6 is 0 Å². The van der Waals surface area contributed by atoms with E-state index in [4.69, 9.17) is 9.47 Å². The second-order valence-corrected chi connectivity index (χ2v) is 8.92. The molecule has 0 bridgehead atoms. The molecule has 6 rings (SSSR count). The van der Waals surface area contributed by atoms with Crippen molar-refractivity contribution in [2.24, 2.45) is 4.99 Å². The third-order valence-corrected chi connectivity index (χ3v) is 7.39. The molecule has 2 aromatic carbocycles. The van der Waals surface area contributed by atoms with E-state index < -0.39 is 23.0 Å². The SMILES string of the molecule is O=CC1c2ccccc2CC[C@@]12OC(N1CCC3(CC1)OC(=O)c1ccccc13)=NC2=O. The van der Waals surface area contributed by atoms with E-state index in [0.29, 0.717) is 44.3 Å². The Balaban J connectivity index is 1.23. The number of aliphatic imine (C=N–C) groups is 1. The van der Waals surface area contributed by atoms with E-state index >= 15 is 0 Å². The van der Waals surface area contributed by atoms with E-state index in [1.165, 1.54) is 0 Å². The highest BCUT2D eigenvalue weighted by Gasteiger charge is 2.57. The van der Waals surface area contributed by atoms with Gasteiger partial charge in [-0.25, -0.2) is 4.79 Å². The summed E-state index contributed by atoms with van der Waals surface area (Å²) in [6.07, 6.45) is 3.06. The molecule has 2 aromatic rings. The first kappa shape index (κ1) is 19.2. The fourth-order valence-electron chi connectivity index (χ4n) is 5.65. The molecule has 2 spiro atoms. The second-order valence-electron chi connectivity index (χ2n) is 8.92. The van der Waals surface area contributed by atoms with Crippen molar-refractivity contribution >= 4 is 24.2 Å². The van der Waals surface area contributed by atoms with Crippen molar-refractivity contribution in [3.8, 4) is 0 Å². The molecule has 1 amide bonds. The number of amidine groups is 1. The lowest BCUT2D eigenvalue weighted by atomic mass is 9.72. The van der Waals surface area contributed by atoms with Gasteiger partial charge in [0, 0.05) is 37.9 Å². The van der Waals surface area contributed by atoms with Crippen LogP contribution in [-0.4, -0.2) is 47.8 Å². The molecule has 4 aliphatic rings. The molecule has 1 fully saturated rings. The Kier molecular flexibility index (Phi) is 4.06. The predicted molar refractivity (Wildman–Crippen MR) is 114 cm³/mol. The molecule has 3 heterocycles. The van der Waals surface area contributed by atoms with Crippen LogP contribution in [0, 0.1) is 0 Å². The van der Waals surface area contributed by atoms with Crippen LogP contribution < -0.4 is 0 Å². The summed E-state index contributed by atoms with van der Waals surface area (Å²) < 4.78 is 12.0. The first-order valence-corrected chi connectivity index (χ1v) is 11.0. The van der Waals surface area contributed by atoms with Gasteiger partial charge in [0.05, 0.1) is 11.5 Å². The molecule has 2 atom stereocenters. The van der Waals surface area contributed by atoms with Crippen LogP contribution in [0.2, 0.25) is 0 Å². The van der Waals surface area contributed by atoms with Gasteiger partial charge in [-0.15, -0.1) is 0 Å². The van der Waals surface area contributed by atoms with Gasteiger partial charge < -0.3 is 19.2 Å². The van der Waals surface area contributed by atoms with Crippen LogP contribution in [0.1, 0.15) is 52.2 Å². The molecule has 1 unspecified atom stereocenters. The van der Waals surface area contributed by atoms with Gasteiger partial charge in [-0.3, -0.25) is 4.79 Å². The zero-order valence-electron chi connectivity index (χ0n) is 17.5.